The minimum atomic E-state index is -0.867. The van der Waals surface area contributed by atoms with E-state index in [1.54, 1.807) is 33.3 Å². The molecule has 2 aromatic heterocycles. The normalized spacial score (nSPS) is 12.9. The van der Waals surface area contributed by atoms with Gasteiger partial charge in [0.1, 0.15) is 17.2 Å². The van der Waals surface area contributed by atoms with Crippen LogP contribution >= 0.6 is 0 Å². The molecule has 2 rings (SSSR count). The summed E-state index contributed by atoms with van der Waals surface area (Å²) in [6.45, 7) is 11.8. The summed E-state index contributed by atoms with van der Waals surface area (Å²) < 4.78 is 18.5. The first-order chi connectivity index (χ1) is 23.9. The van der Waals surface area contributed by atoms with Gasteiger partial charge in [0.25, 0.3) is 0 Å². The van der Waals surface area contributed by atoms with Gasteiger partial charge in [0.15, 0.2) is 5.65 Å². The Morgan fingerprint density at radius 2 is 1.44 bits per heavy atom. The van der Waals surface area contributed by atoms with Gasteiger partial charge in [0.2, 0.25) is 5.95 Å². The fourth-order valence-electron chi connectivity index (χ4n) is 5.78. The standard InChI is InChI=1S/C38H66N6O6/c1-7-8-9-10-11-12-13-14-15-16-17-18-19-20-21-22-32(45)49-27-30(26-44-28-41-31-25-40-36(39)43-34(31)44)23-24-48-35(46)33(29(2)3)42-37(47)50-38(4,5)6/h25,28-30,33H,7-24,26-27H2,1-6H3,(H,42,47)(H2,39,40,43)/t30-,33+/m1/s1. The summed E-state index contributed by atoms with van der Waals surface area (Å²) in [5.41, 5.74) is 6.29. The highest BCUT2D eigenvalue weighted by molar-refractivity contribution is 5.81. The number of nitrogens with zero attached hydrogens (tertiary/aromatic N) is 4. The van der Waals surface area contributed by atoms with E-state index in [0.29, 0.717) is 30.6 Å². The number of anilines is 1. The molecular formula is C38H66N6O6. The van der Waals surface area contributed by atoms with Crippen LogP contribution in [0.3, 0.4) is 0 Å². The van der Waals surface area contributed by atoms with E-state index >= 15 is 0 Å². The van der Waals surface area contributed by atoms with Gasteiger partial charge < -0.3 is 29.8 Å². The first kappa shape index (κ1) is 42.7. The van der Waals surface area contributed by atoms with Crippen LogP contribution < -0.4 is 11.1 Å². The van der Waals surface area contributed by atoms with Crippen molar-refractivity contribution in [1.82, 2.24) is 24.8 Å². The molecule has 0 saturated heterocycles. The molecule has 12 nitrogen and oxygen atoms in total. The third-order valence-electron chi connectivity index (χ3n) is 8.66. The largest absolute Gasteiger partial charge is 0.465 e. The van der Waals surface area contributed by atoms with Crippen LogP contribution in [0.2, 0.25) is 0 Å². The lowest BCUT2D eigenvalue weighted by atomic mass is 10.0. The van der Waals surface area contributed by atoms with Crippen LogP contribution in [0.25, 0.3) is 11.2 Å². The molecule has 0 aliphatic rings. The number of amides is 1. The number of fused-ring (bicyclic) bond motifs is 1. The van der Waals surface area contributed by atoms with Gasteiger partial charge in [0.05, 0.1) is 25.7 Å². The van der Waals surface area contributed by atoms with E-state index in [9.17, 15) is 14.4 Å². The van der Waals surface area contributed by atoms with Gasteiger partial charge >= 0.3 is 18.0 Å². The maximum absolute atomic E-state index is 13.0. The van der Waals surface area contributed by atoms with E-state index in [4.69, 9.17) is 19.9 Å². The highest BCUT2D eigenvalue weighted by Crippen LogP contribution is 2.18. The zero-order valence-electron chi connectivity index (χ0n) is 31.8. The van der Waals surface area contributed by atoms with Crippen molar-refractivity contribution in [2.45, 2.75) is 169 Å². The van der Waals surface area contributed by atoms with Crippen molar-refractivity contribution in [1.29, 1.82) is 0 Å². The molecule has 50 heavy (non-hydrogen) atoms. The van der Waals surface area contributed by atoms with E-state index in [1.807, 2.05) is 18.4 Å². The SMILES string of the molecule is CCCCCCCCCCCCCCCCCC(=O)OC[C@H](CCOC(=O)[C@@H](NC(=O)OC(C)(C)C)C(C)C)Cn1cnc2cnc(N)nc21. The number of hydrogen-bond donors (Lipinski definition) is 2. The molecule has 2 heterocycles. The minimum absolute atomic E-state index is 0.0725. The molecule has 12 heteroatoms. The molecule has 0 spiro atoms. The van der Waals surface area contributed by atoms with E-state index in [2.05, 4.69) is 27.2 Å². The van der Waals surface area contributed by atoms with Crippen molar-refractivity contribution in [2.24, 2.45) is 11.8 Å². The van der Waals surface area contributed by atoms with Gasteiger partial charge in [-0.05, 0) is 39.5 Å². The van der Waals surface area contributed by atoms with Crippen molar-refractivity contribution in [2.75, 3.05) is 18.9 Å². The number of esters is 2. The molecule has 0 radical (unpaired) electrons. The van der Waals surface area contributed by atoms with Gasteiger partial charge in [-0.25, -0.2) is 19.6 Å². The number of nitrogen functional groups attached to an aromatic ring is 1. The van der Waals surface area contributed by atoms with Crippen LogP contribution in [-0.4, -0.2) is 62.4 Å². The number of hydrogen-bond acceptors (Lipinski definition) is 10. The number of carbonyl (C=O) groups excluding carboxylic acids is 3. The average Bonchev–Trinajstić information content (AvgIpc) is 3.44. The molecule has 0 unspecified atom stereocenters. The second kappa shape index (κ2) is 23.9. The molecule has 2 atom stereocenters. The summed E-state index contributed by atoms with van der Waals surface area (Å²) in [4.78, 5) is 50.6. The van der Waals surface area contributed by atoms with Crippen molar-refractivity contribution in [3.8, 4) is 0 Å². The third kappa shape index (κ3) is 18.5. The lowest BCUT2D eigenvalue weighted by Crippen LogP contribution is -2.47. The smallest absolute Gasteiger partial charge is 0.408 e. The van der Waals surface area contributed by atoms with Crippen LogP contribution in [0, 0.1) is 11.8 Å². The Morgan fingerprint density at radius 1 is 0.860 bits per heavy atom. The van der Waals surface area contributed by atoms with Crippen molar-refractivity contribution < 1.29 is 28.6 Å². The highest BCUT2D eigenvalue weighted by atomic mass is 16.6. The molecule has 1 amide bonds. The Balaban J connectivity index is 1.77. The second-order valence-corrected chi connectivity index (χ2v) is 14.9. The molecule has 0 aromatic carbocycles. The molecule has 0 aliphatic heterocycles. The van der Waals surface area contributed by atoms with Crippen molar-refractivity contribution in [3.63, 3.8) is 0 Å². The topological polar surface area (TPSA) is 161 Å². The van der Waals surface area contributed by atoms with Crippen LogP contribution in [0.5, 0.6) is 0 Å². The number of alkyl carbamates (subject to hydrolysis) is 1. The van der Waals surface area contributed by atoms with E-state index in [-0.39, 0.29) is 37.0 Å². The average molecular weight is 703 g/mol. The maximum Gasteiger partial charge on any atom is 0.408 e. The summed E-state index contributed by atoms with van der Waals surface area (Å²) in [6.07, 6.45) is 22.4. The van der Waals surface area contributed by atoms with Crippen LogP contribution in [0.15, 0.2) is 12.5 Å². The molecule has 0 bridgehead atoms. The summed E-state index contributed by atoms with van der Waals surface area (Å²) in [6, 6.07) is -0.867. The molecule has 2 aromatic rings. The maximum atomic E-state index is 13.0. The number of carbonyl (C=O) groups is 3. The number of unbranched alkanes of at least 4 members (excludes halogenated alkanes) is 14. The first-order valence-electron chi connectivity index (χ1n) is 19.1. The lowest BCUT2D eigenvalue weighted by molar-refractivity contribution is -0.150. The Kier molecular flexibility index (Phi) is 20.4. The summed E-state index contributed by atoms with van der Waals surface area (Å²) >= 11 is 0. The fourth-order valence-corrected chi connectivity index (χ4v) is 5.78. The molecule has 0 aliphatic carbocycles. The number of nitrogens with two attached hydrogens (primary N) is 1. The number of aromatic nitrogens is 4. The van der Waals surface area contributed by atoms with Crippen LogP contribution in [0.1, 0.15) is 151 Å². The summed E-state index contributed by atoms with van der Waals surface area (Å²) in [5.74, 6) is -1.06. The zero-order valence-corrected chi connectivity index (χ0v) is 31.8. The van der Waals surface area contributed by atoms with Gasteiger partial charge in [-0.3, -0.25) is 4.79 Å². The zero-order chi connectivity index (χ0) is 36.8. The predicted octanol–water partition coefficient (Wildman–Crippen LogP) is 8.31. The monoisotopic (exact) mass is 703 g/mol. The van der Waals surface area contributed by atoms with Gasteiger partial charge in [-0.15, -0.1) is 0 Å². The number of ether oxygens (including phenoxy) is 3. The molecule has 0 saturated carbocycles. The summed E-state index contributed by atoms with van der Waals surface area (Å²) in [5, 5.41) is 2.62. The number of rotatable bonds is 26. The Labute approximate surface area is 300 Å². The minimum Gasteiger partial charge on any atom is -0.465 e. The van der Waals surface area contributed by atoms with E-state index in [0.717, 1.165) is 19.3 Å². The highest BCUT2D eigenvalue weighted by Gasteiger charge is 2.28. The Morgan fingerprint density at radius 3 is 2.00 bits per heavy atom. The molecular weight excluding hydrogens is 636 g/mol. The lowest BCUT2D eigenvalue weighted by Gasteiger charge is -2.25. The fraction of sp³-hybridized carbons (Fsp3) is 0.789. The van der Waals surface area contributed by atoms with Gasteiger partial charge in [-0.1, -0.05) is 111 Å². The second-order valence-electron chi connectivity index (χ2n) is 14.9. The predicted molar refractivity (Wildman–Crippen MR) is 197 cm³/mol. The van der Waals surface area contributed by atoms with Gasteiger partial charge in [-0.2, -0.15) is 4.98 Å². The van der Waals surface area contributed by atoms with Crippen molar-refractivity contribution in [3.05, 3.63) is 12.5 Å². The van der Waals surface area contributed by atoms with E-state index in [1.165, 1.54) is 77.0 Å². The van der Waals surface area contributed by atoms with Gasteiger partial charge in [0, 0.05) is 18.9 Å². The molecule has 3 N–H and O–H groups in total. The first-order valence-corrected chi connectivity index (χ1v) is 19.1. The molecule has 284 valence electrons. The number of imidazole rings is 1. The summed E-state index contributed by atoms with van der Waals surface area (Å²) in [7, 11) is 0. The number of nitrogens with one attached hydrogen (secondary N) is 1. The molecule has 0 fully saturated rings. The van der Waals surface area contributed by atoms with Crippen LogP contribution in [-0.2, 0) is 30.3 Å². The Bertz CT molecular complexity index is 1260. The quantitative estimate of drug-likeness (QED) is 0.0554. The van der Waals surface area contributed by atoms with Crippen molar-refractivity contribution >= 4 is 35.1 Å². The van der Waals surface area contributed by atoms with E-state index < -0.39 is 23.7 Å². The van der Waals surface area contributed by atoms with Crippen LogP contribution in [0.4, 0.5) is 10.7 Å². The third-order valence-corrected chi connectivity index (χ3v) is 8.66. The Hall–Kier alpha value is -3.44.